The van der Waals surface area contributed by atoms with Gasteiger partial charge in [0.1, 0.15) is 0 Å². The van der Waals surface area contributed by atoms with Crippen LogP contribution in [0.1, 0.15) is 13.8 Å². The number of halogens is 2. The van der Waals surface area contributed by atoms with Gasteiger partial charge in [0.2, 0.25) is 0 Å². The predicted octanol–water partition coefficient (Wildman–Crippen LogP) is -1.63. The molecule has 1 heterocycles. The molecule has 0 aliphatic carbocycles. The van der Waals surface area contributed by atoms with Gasteiger partial charge in [0, 0.05) is 0 Å². The van der Waals surface area contributed by atoms with E-state index in [1.54, 1.807) is 0 Å². The van der Waals surface area contributed by atoms with Crippen LogP contribution in [0, 0.1) is 0 Å². The summed E-state index contributed by atoms with van der Waals surface area (Å²) in [4.78, 5) is 0. The molecule has 0 spiro atoms. The molecule has 1 atom stereocenters. The number of aliphatic hydroxyl groups excluding tert-OH is 1. The van der Waals surface area contributed by atoms with Crippen LogP contribution in [0.5, 0.6) is 0 Å². The summed E-state index contributed by atoms with van der Waals surface area (Å²) in [5, 5.41) is 13.2. The average molecular weight is 301 g/mol. The zero-order valence-electron chi connectivity index (χ0n) is 7.06. The first-order chi connectivity index (χ1) is 5.61. The van der Waals surface area contributed by atoms with Crippen LogP contribution in [0.3, 0.4) is 0 Å². The van der Waals surface area contributed by atoms with Crippen LogP contribution >= 0.6 is 11.6 Å². The normalized spacial score (nSPS) is 21.8. The number of alkyl halides is 1. The van der Waals surface area contributed by atoms with Crippen molar-refractivity contribution in [3.8, 4) is 0 Å². The van der Waals surface area contributed by atoms with Crippen molar-refractivity contribution in [2.75, 3.05) is 4.55 Å². The van der Waals surface area contributed by atoms with Gasteiger partial charge in [-0.1, -0.05) is 0 Å². The Labute approximate surface area is 87.9 Å². The molecule has 0 saturated heterocycles. The Kier molecular flexibility index (Phi) is 3.86. The van der Waals surface area contributed by atoms with Gasteiger partial charge in [-0.05, 0) is 0 Å². The zero-order valence-corrected chi connectivity index (χ0v) is 9.98. The molecule has 1 unspecified atom stereocenters. The van der Waals surface area contributed by atoms with E-state index in [1.807, 2.05) is 19.9 Å². The topological polar surface area (TPSA) is 32.3 Å². The third kappa shape index (κ3) is 2.64. The van der Waals surface area contributed by atoms with Crippen molar-refractivity contribution in [1.82, 2.24) is 5.32 Å². The summed E-state index contributed by atoms with van der Waals surface area (Å²) < 4.78 is 2.09. The summed E-state index contributed by atoms with van der Waals surface area (Å²) >= 11 is 5.73. The van der Waals surface area contributed by atoms with Crippen molar-refractivity contribution in [1.29, 1.82) is 0 Å². The van der Waals surface area contributed by atoms with Crippen LogP contribution in [0.2, 0.25) is 0 Å². The minimum absolute atomic E-state index is 0.104. The summed E-state index contributed by atoms with van der Waals surface area (Å²) in [6, 6.07) is 0. The second-order valence-electron chi connectivity index (χ2n) is 2.64. The molecule has 0 fully saturated rings. The molecule has 0 bridgehead atoms. The first kappa shape index (κ1) is 10.3. The Hall–Kier alpha value is 0.260. The molecular formula is C8H12ClINO-. The van der Waals surface area contributed by atoms with E-state index in [-0.39, 0.29) is 27.3 Å². The van der Waals surface area contributed by atoms with Gasteiger partial charge < -0.3 is 0 Å². The van der Waals surface area contributed by atoms with Gasteiger partial charge >= 0.3 is 88.1 Å². The van der Waals surface area contributed by atoms with Crippen LogP contribution < -0.4 is 26.5 Å². The molecular weight excluding hydrogens is 288 g/mol. The van der Waals surface area contributed by atoms with Crippen molar-refractivity contribution in [2.24, 2.45) is 0 Å². The van der Waals surface area contributed by atoms with E-state index in [9.17, 15) is 5.11 Å². The second kappa shape index (κ2) is 4.48. The molecule has 12 heavy (non-hydrogen) atoms. The van der Waals surface area contributed by atoms with Crippen molar-refractivity contribution in [3.05, 3.63) is 20.4 Å². The molecule has 1 aliphatic heterocycles. The Bertz CT molecular complexity index is 235. The molecule has 0 aromatic heterocycles. The fourth-order valence-corrected chi connectivity index (χ4v) is 3.89. The van der Waals surface area contributed by atoms with Crippen LogP contribution in [-0.4, -0.2) is 15.8 Å². The first-order valence-corrected chi connectivity index (χ1v) is 6.68. The minimum atomic E-state index is -0.321. The van der Waals surface area contributed by atoms with Crippen molar-refractivity contribution in [3.63, 3.8) is 0 Å². The molecule has 4 heteroatoms. The summed E-state index contributed by atoms with van der Waals surface area (Å²) in [5.41, 5.74) is 1.12. The number of allylic oxidation sites excluding steroid dienone is 2. The second-order valence-corrected chi connectivity index (χ2v) is 5.74. The molecule has 1 rings (SSSR count). The number of rotatable bonds is 1. The van der Waals surface area contributed by atoms with Crippen molar-refractivity contribution in [2.45, 2.75) is 20.0 Å². The third-order valence-corrected chi connectivity index (χ3v) is 5.11. The summed E-state index contributed by atoms with van der Waals surface area (Å²) in [7, 11) is 0. The molecule has 0 amide bonds. The Morgan fingerprint density at radius 1 is 1.75 bits per heavy atom. The van der Waals surface area contributed by atoms with Gasteiger partial charge in [0.05, 0.1) is 0 Å². The summed E-state index contributed by atoms with van der Waals surface area (Å²) in [6.45, 7) is 3.81. The van der Waals surface area contributed by atoms with Gasteiger partial charge in [-0.2, -0.15) is 0 Å². The molecule has 0 radical (unpaired) electrons. The standard InChI is InChI=1S/C8H12ClINO/c1-5-3-7(9)11-4-10-8(5)6(2)12/h3,6,11-12H,4H2,1-2H3/q-1. The number of hydrogen-bond acceptors (Lipinski definition) is 2. The van der Waals surface area contributed by atoms with Gasteiger partial charge in [-0.15, -0.1) is 0 Å². The monoisotopic (exact) mass is 300 g/mol. The van der Waals surface area contributed by atoms with Crippen LogP contribution in [0.4, 0.5) is 0 Å². The summed E-state index contributed by atoms with van der Waals surface area (Å²) in [5.74, 6) is 0. The van der Waals surface area contributed by atoms with Gasteiger partial charge in [0.25, 0.3) is 0 Å². The van der Waals surface area contributed by atoms with E-state index in [0.29, 0.717) is 5.16 Å². The van der Waals surface area contributed by atoms with E-state index in [1.165, 1.54) is 3.58 Å². The fraction of sp³-hybridized carbons (Fsp3) is 0.500. The van der Waals surface area contributed by atoms with Crippen molar-refractivity contribution >= 4 is 11.6 Å². The molecule has 0 aromatic rings. The van der Waals surface area contributed by atoms with Gasteiger partial charge in [-0.3, -0.25) is 0 Å². The van der Waals surface area contributed by atoms with E-state index in [0.717, 1.165) is 10.1 Å². The zero-order chi connectivity index (χ0) is 9.14. The van der Waals surface area contributed by atoms with E-state index < -0.39 is 0 Å². The quantitative estimate of drug-likeness (QED) is 0.346. The molecule has 2 nitrogen and oxygen atoms in total. The Balaban J connectivity index is 2.89. The molecule has 70 valence electrons. The maximum absolute atomic E-state index is 9.43. The van der Waals surface area contributed by atoms with E-state index in [4.69, 9.17) is 11.6 Å². The van der Waals surface area contributed by atoms with Gasteiger partial charge in [-0.25, -0.2) is 0 Å². The predicted molar refractivity (Wildman–Crippen MR) is 46.3 cm³/mol. The Morgan fingerprint density at radius 2 is 2.42 bits per heavy atom. The molecule has 1 aliphatic rings. The third-order valence-electron chi connectivity index (χ3n) is 1.53. The Morgan fingerprint density at radius 3 is 3.00 bits per heavy atom. The number of hydrogen-bond donors (Lipinski definition) is 2. The van der Waals surface area contributed by atoms with Crippen LogP contribution in [-0.2, 0) is 0 Å². The van der Waals surface area contributed by atoms with E-state index in [2.05, 4.69) is 5.32 Å². The van der Waals surface area contributed by atoms with Gasteiger partial charge in [0.15, 0.2) is 0 Å². The van der Waals surface area contributed by atoms with Crippen LogP contribution in [0.25, 0.3) is 0 Å². The maximum atomic E-state index is 9.43. The molecule has 0 saturated carbocycles. The van der Waals surface area contributed by atoms with Crippen molar-refractivity contribution < 1.29 is 26.3 Å². The fourth-order valence-electron chi connectivity index (χ4n) is 1.03. The molecule has 0 aromatic carbocycles. The molecule has 2 N–H and O–H groups in total. The summed E-state index contributed by atoms with van der Waals surface area (Å²) in [6.07, 6.45) is 1.56. The SMILES string of the molecule is CC1=C(C(C)O)[I-]CNC(Cl)=C1. The first-order valence-electron chi connectivity index (χ1n) is 3.70. The van der Waals surface area contributed by atoms with E-state index >= 15 is 0 Å². The van der Waals surface area contributed by atoms with Crippen LogP contribution in [0.15, 0.2) is 20.4 Å². The average Bonchev–Trinajstić information content (AvgIpc) is 2.10. The number of aliphatic hydroxyl groups is 1. The number of nitrogens with one attached hydrogen (secondary N) is 1.